The van der Waals surface area contributed by atoms with Gasteiger partial charge in [0.2, 0.25) is 5.91 Å². The summed E-state index contributed by atoms with van der Waals surface area (Å²) in [6, 6.07) is 3.85. The zero-order valence-electron chi connectivity index (χ0n) is 11.2. The van der Waals surface area contributed by atoms with Crippen LogP contribution >= 0.6 is 15.9 Å². The van der Waals surface area contributed by atoms with Crippen LogP contribution in [-0.2, 0) is 4.79 Å². The first-order chi connectivity index (χ1) is 9.81. The number of anilines is 1. The fourth-order valence-corrected chi connectivity index (χ4v) is 2.08. The average molecular weight is 369 g/mol. The lowest BCUT2D eigenvalue weighted by molar-refractivity contribution is -0.274. The SMILES string of the molecule is NCCCCCC(=O)Nc1ccc(OC(F)(F)F)c(Br)c1. The summed E-state index contributed by atoms with van der Waals surface area (Å²) >= 11 is 2.97. The van der Waals surface area contributed by atoms with Gasteiger partial charge in [-0.1, -0.05) is 6.42 Å². The van der Waals surface area contributed by atoms with Gasteiger partial charge in [-0.3, -0.25) is 4.79 Å². The highest BCUT2D eigenvalue weighted by molar-refractivity contribution is 9.10. The molecule has 1 aromatic carbocycles. The van der Waals surface area contributed by atoms with Crippen molar-refractivity contribution in [1.29, 1.82) is 0 Å². The van der Waals surface area contributed by atoms with E-state index >= 15 is 0 Å². The molecule has 0 heterocycles. The second kappa shape index (κ2) is 8.23. The fourth-order valence-electron chi connectivity index (χ4n) is 1.62. The molecule has 1 amide bonds. The highest BCUT2D eigenvalue weighted by Crippen LogP contribution is 2.32. The Labute approximate surface area is 129 Å². The van der Waals surface area contributed by atoms with Gasteiger partial charge in [0.25, 0.3) is 0 Å². The largest absolute Gasteiger partial charge is 0.573 e. The molecule has 4 nitrogen and oxygen atoms in total. The molecule has 0 aliphatic heterocycles. The molecule has 21 heavy (non-hydrogen) atoms. The van der Waals surface area contributed by atoms with Crippen LogP contribution in [0.3, 0.4) is 0 Å². The maximum atomic E-state index is 12.1. The van der Waals surface area contributed by atoms with Gasteiger partial charge in [0.05, 0.1) is 4.47 Å². The first kappa shape index (κ1) is 17.8. The molecule has 0 aliphatic carbocycles. The molecule has 0 bridgehead atoms. The lowest BCUT2D eigenvalue weighted by Gasteiger charge is -2.12. The van der Waals surface area contributed by atoms with E-state index in [1.54, 1.807) is 0 Å². The van der Waals surface area contributed by atoms with E-state index in [-0.39, 0.29) is 16.1 Å². The molecule has 0 spiro atoms. The third-order valence-corrected chi connectivity index (χ3v) is 3.17. The van der Waals surface area contributed by atoms with E-state index in [9.17, 15) is 18.0 Å². The molecule has 0 radical (unpaired) electrons. The summed E-state index contributed by atoms with van der Waals surface area (Å²) in [6.45, 7) is 0.592. The van der Waals surface area contributed by atoms with Crippen molar-refractivity contribution in [2.75, 3.05) is 11.9 Å². The van der Waals surface area contributed by atoms with Crippen molar-refractivity contribution < 1.29 is 22.7 Å². The van der Waals surface area contributed by atoms with Gasteiger partial charge in [-0.15, -0.1) is 13.2 Å². The van der Waals surface area contributed by atoms with Gasteiger partial charge in [-0.25, -0.2) is 0 Å². The fraction of sp³-hybridized carbons (Fsp3) is 0.462. The molecule has 1 rings (SSSR count). The number of hydrogen-bond acceptors (Lipinski definition) is 3. The number of benzene rings is 1. The highest BCUT2D eigenvalue weighted by atomic mass is 79.9. The van der Waals surface area contributed by atoms with Crippen molar-refractivity contribution >= 4 is 27.5 Å². The molecular formula is C13H16BrF3N2O2. The summed E-state index contributed by atoms with van der Waals surface area (Å²) in [5.41, 5.74) is 5.75. The van der Waals surface area contributed by atoms with E-state index in [1.165, 1.54) is 12.1 Å². The monoisotopic (exact) mass is 368 g/mol. The molecule has 0 saturated heterocycles. The van der Waals surface area contributed by atoms with Crippen LogP contribution in [0.4, 0.5) is 18.9 Å². The van der Waals surface area contributed by atoms with Crippen LogP contribution in [0.15, 0.2) is 22.7 Å². The zero-order valence-corrected chi connectivity index (χ0v) is 12.8. The topological polar surface area (TPSA) is 64.4 Å². The van der Waals surface area contributed by atoms with Gasteiger partial charge < -0.3 is 15.8 Å². The van der Waals surface area contributed by atoms with Gasteiger partial charge in [0.1, 0.15) is 5.75 Å². The van der Waals surface area contributed by atoms with E-state index in [0.717, 1.165) is 25.3 Å². The molecule has 8 heteroatoms. The van der Waals surface area contributed by atoms with Crippen LogP contribution in [-0.4, -0.2) is 18.8 Å². The Bertz CT molecular complexity index is 481. The van der Waals surface area contributed by atoms with Crippen molar-refractivity contribution in [2.45, 2.75) is 32.0 Å². The maximum absolute atomic E-state index is 12.1. The minimum absolute atomic E-state index is 0.112. The normalized spacial score (nSPS) is 11.3. The van der Waals surface area contributed by atoms with Crippen LogP contribution in [0, 0.1) is 0 Å². The summed E-state index contributed by atoms with van der Waals surface area (Å²) in [7, 11) is 0. The molecule has 3 N–H and O–H groups in total. The van der Waals surface area contributed by atoms with Gasteiger partial charge in [-0.2, -0.15) is 0 Å². The van der Waals surface area contributed by atoms with Crippen molar-refractivity contribution in [3.8, 4) is 5.75 Å². The van der Waals surface area contributed by atoms with Gasteiger partial charge in [0, 0.05) is 12.1 Å². The minimum Gasteiger partial charge on any atom is -0.405 e. The Morgan fingerprint density at radius 2 is 2.00 bits per heavy atom. The number of ether oxygens (including phenoxy) is 1. The summed E-state index contributed by atoms with van der Waals surface area (Å²) in [5.74, 6) is -0.549. The Balaban J connectivity index is 2.53. The third-order valence-electron chi connectivity index (χ3n) is 2.55. The molecule has 0 fully saturated rings. The van der Waals surface area contributed by atoms with Gasteiger partial charge in [-0.05, 0) is 53.5 Å². The summed E-state index contributed by atoms with van der Waals surface area (Å²) in [6.07, 6.45) is -1.96. The van der Waals surface area contributed by atoms with Gasteiger partial charge in [0.15, 0.2) is 0 Å². The first-order valence-corrected chi connectivity index (χ1v) is 7.16. The number of unbranched alkanes of at least 4 members (excludes halogenated alkanes) is 2. The van der Waals surface area contributed by atoms with Crippen LogP contribution in [0.5, 0.6) is 5.75 Å². The standard InChI is InChI=1S/C13H16BrF3N2O2/c14-10-8-9(5-6-11(10)21-13(15,16)17)19-12(20)4-2-1-3-7-18/h5-6,8H,1-4,7,18H2,(H,19,20). The molecule has 0 saturated carbocycles. The Kier molecular flexibility index (Phi) is 6.97. The quantitative estimate of drug-likeness (QED) is 0.719. The number of nitrogens with two attached hydrogens (primary N) is 1. The Hall–Kier alpha value is -1.28. The molecule has 1 aromatic rings. The second-order valence-electron chi connectivity index (χ2n) is 4.34. The second-order valence-corrected chi connectivity index (χ2v) is 5.19. The van der Waals surface area contributed by atoms with E-state index < -0.39 is 6.36 Å². The number of alkyl halides is 3. The van der Waals surface area contributed by atoms with Gasteiger partial charge >= 0.3 is 6.36 Å². The summed E-state index contributed by atoms with van der Waals surface area (Å²) in [4.78, 5) is 11.6. The van der Waals surface area contributed by atoms with E-state index in [2.05, 4.69) is 26.0 Å². The highest BCUT2D eigenvalue weighted by Gasteiger charge is 2.31. The number of carbonyl (C=O) groups excluding carboxylic acids is 1. The maximum Gasteiger partial charge on any atom is 0.573 e. The van der Waals surface area contributed by atoms with Crippen molar-refractivity contribution in [2.24, 2.45) is 5.73 Å². The molecular weight excluding hydrogens is 353 g/mol. The average Bonchev–Trinajstić information content (AvgIpc) is 2.37. The summed E-state index contributed by atoms with van der Waals surface area (Å²) < 4.78 is 40.3. The number of halogens is 4. The molecule has 0 atom stereocenters. The zero-order chi connectivity index (χ0) is 15.9. The van der Waals surface area contributed by atoms with E-state index in [0.29, 0.717) is 18.7 Å². The number of amides is 1. The van der Waals surface area contributed by atoms with Crippen LogP contribution < -0.4 is 15.8 Å². The molecule has 0 aliphatic rings. The number of carbonyl (C=O) groups is 1. The number of hydrogen-bond donors (Lipinski definition) is 2. The number of nitrogens with one attached hydrogen (secondary N) is 1. The van der Waals surface area contributed by atoms with Crippen LogP contribution in [0.25, 0.3) is 0 Å². The predicted octanol–water partition coefficient (Wildman–Crippen LogP) is 3.81. The first-order valence-electron chi connectivity index (χ1n) is 6.37. The van der Waals surface area contributed by atoms with E-state index in [1.807, 2.05) is 0 Å². The molecule has 0 aromatic heterocycles. The van der Waals surface area contributed by atoms with Crippen LogP contribution in [0.2, 0.25) is 0 Å². The van der Waals surface area contributed by atoms with E-state index in [4.69, 9.17) is 5.73 Å². The lowest BCUT2D eigenvalue weighted by atomic mass is 10.2. The van der Waals surface area contributed by atoms with Crippen molar-refractivity contribution in [1.82, 2.24) is 0 Å². The predicted molar refractivity (Wildman–Crippen MR) is 77.0 cm³/mol. The Morgan fingerprint density at radius 3 is 2.57 bits per heavy atom. The lowest BCUT2D eigenvalue weighted by Crippen LogP contribution is -2.17. The van der Waals surface area contributed by atoms with Crippen LogP contribution in [0.1, 0.15) is 25.7 Å². The number of rotatable bonds is 7. The van der Waals surface area contributed by atoms with Crippen molar-refractivity contribution in [3.63, 3.8) is 0 Å². The third kappa shape index (κ3) is 7.33. The minimum atomic E-state index is -4.75. The van der Waals surface area contributed by atoms with Crippen molar-refractivity contribution in [3.05, 3.63) is 22.7 Å². The molecule has 118 valence electrons. The Morgan fingerprint density at radius 1 is 1.29 bits per heavy atom. The smallest absolute Gasteiger partial charge is 0.405 e. The summed E-state index contributed by atoms with van der Waals surface area (Å²) in [5, 5.41) is 2.61. The molecule has 0 unspecified atom stereocenters.